The highest BCUT2D eigenvalue weighted by Crippen LogP contribution is 2.23. The summed E-state index contributed by atoms with van der Waals surface area (Å²) in [5.74, 6) is -0.922. The fraction of sp³-hybridized carbons (Fsp3) is 0.538. The van der Waals surface area contributed by atoms with Crippen LogP contribution in [0, 0.1) is 5.92 Å². The molecule has 6 heteroatoms. The molecule has 0 aliphatic heterocycles. The highest BCUT2D eigenvalue weighted by molar-refractivity contribution is 7.10. The molecule has 106 valence electrons. The van der Waals surface area contributed by atoms with Crippen LogP contribution < -0.4 is 5.32 Å². The molecule has 0 spiro atoms. The molecule has 2 amide bonds. The van der Waals surface area contributed by atoms with Crippen LogP contribution in [0.3, 0.4) is 0 Å². The van der Waals surface area contributed by atoms with E-state index in [0.29, 0.717) is 6.54 Å². The average molecular weight is 284 g/mol. The van der Waals surface area contributed by atoms with Gasteiger partial charge in [-0.3, -0.25) is 4.79 Å². The summed E-state index contributed by atoms with van der Waals surface area (Å²) in [6, 6.07) is 3.77. The molecule has 0 radical (unpaired) electrons. The van der Waals surface area contributed by atoms with Crippen LogP contribution in [0.2, 0.25) is 0 Å². The number of rotatable bonds is 6. The Morgan fingerprint density at radius 1 is 1.47 bits per heavy atom. The lowest BCUT2D eigenvalue weighted by Crippen LogP contribution is -2.40. The van der Waals surface area contributed by atoms with E-state index in [4.69, 9.17) is 5.11 Å². The molecule has 1 rings (SSSR count). The van der Waals surface area contributed by atoms with E-state index in [1.807, 2.05) is 24.4 Å². The van der Waals surface area contributed by atoms with Crippen molar-refractivity contribution in [1.29, 1.82) is 0 Å². The minimum atomic E-state index is -0.845. The van der Waals surface area contributed by atoms with Gasteiger partial charge >= 0.3 is 12.0 Å². The van der Waals surface area contributed by atoms with Gasteiger partial charge in [-0.1, -0.05) is 13.0 Å². The van der Waals surface area contributed by atoms with Crippen molar-refractivity contribution in [2.75, 3.05) is 13.6 Å². The third-order valence-electron chi connectivity index (χ3n) is 2.98. The Kier molecular flexibility index (Phi) is 5.82. The fourth-order valence-electron chi connectivity index (χ4n) is 1.65. The lowest BCUT2D eigenvalue weighted by atomic mass is 10.1. The van der Waals surface area contributed by atoms with Gasteiger partial charge in [0.2, 0.25) is 0 Å². The number of carbonyl (C=O) groups is 2. The van der Waals surface area contributed by atoms with Gasteiger partial charge in [0.05, 0.1) is 6.04 Å². The summed E-state index contributed by atoms with van der Waals surface area (Å²) in [6.45, 7) is 4.13. The van der Waals surface area contributed by atoms with E-state index < -0.39 is 5.97 Å². The Labute approximate surface area is 117 Å². The van der Waals surface area contributed by atoms with Crippen molar-refractivity contribution in [3.8, 4) is 0 Å². The van der Waals surface area contributed by atoms with Crippen LogP contribution in [-0.2, 0) is 4.79 Å². The van der Waals surface area contributed by atoms with Gasteiger partial charge in [0, 0.05) is 24.9 Å². The number of carboxylic acids is 1. The van der Waals surface area contributed by atoms with Gasteiger partial charge in [0.15, 0.2) is 0 Å². The lowest BCUT2D eigenvalue weighted by molar-refractivity contribution is -0.137. The zero-order chi connectivity index (χ0) is 14.4. The molecule has 0 aliphatic rings. The summed E-state index contributed by atoms with van der Waals surface area (Å²) in [5.41, 5.74) is 0. The van der Waals surface area contributed by atoms with Crippen molar-refractivity contribution in [2.24, 2.45) is 5.92 Å². The fourth-order valence-corrected chi connectivity index (χ4v) is 2.48. The number of nitrogens with zero attached hydrogens (tertiary/aromatic N) is 1. The Morgan fingerprint density at radius 3 is 2.68 bits per heavy atom. The quantitative estimate of drug-likeness (QED) is 0.843. The second-order valence-corrected chi connectivity index (χ2v) is 5.67. The molecule has 0 fully saturated rings. The van der Waals surface area contributed by atoms with Gasteiger partial charge in [-0.05, 0) is 24.3 Å². The second kappa shape index (κ2) is 7.13. The number of thiophene rings is 1. The lowest BCUT2D eigenvalue weighted by Gasteiger charge is -2.25. The first-order chi connectivity index (χ1) is 8.91. The summed E-state index contributed by atoms with van der Waals surface area (Å²) < 4.78 is 0. The number of hydrogen-bond acceptors (Lipinski definition) is 3. The number of carboxylic acid groups (broad SMARTS) is 1. The van der Waals surface area contributed by atoms with Crippen molar-refractivity contribution in [1.82, 2.24) is 10.2 Å². The number of carbonyl (C=O) groups excluding carboxylic acids is 1. The third kappa shape index (κ3) is 4.90. The molecule has 1 heterocycles. The van der Waals surface area contributed by atoms with Crippen molar-refractivity contribution < 1.29 is 14.7 Å². The summed E-state index contributed by atoms with van der Waals surface area (Å²) in [4.78, 5) is 25.2. The molecule has 19 heavy (non-hydrogen) atoms. The van der Waals surface area contributed by atoms with E-state index in [2.05, 4.69) is 5.32 Å². The predicted octanol–water partition coefficient (Wildman–Crippen LogP) is 2.56. The number of amides is 2. The molecule has 5 nitrogen and oxygen atoms in total. The molecular formula is C13H20N2O3S. The monoisotopic (exact) mass is 284 g/mol. The van der Waals surface area contributed by atoms with Crippen LogP contribution in [0.15, 0.2) is 17.5 Å². The van der Waals surface area contributed by atoms with Crippen LogP contribution in [0.1, 0.15) is 31.2 Å². The summed E-state index contributed by atoms with van der Waals surface area (Å²) in [7, 11) is 1.74. The largest absolute Gasteiger partial charge is 0.481 e. The number of hydrogen-bond donors (Lipinski definition) is 2. The first-order valence-corrected chi connectivity index (χ1v) is 7.05. The molecule has 2 N–H and O–H groups in total. The van der Waals surface area contributed by atoms with Gasteiger partial charge in [-0.25, -0.2) is 4.79 Å². The molecular weight excluding hydrogens is 264 g/mol. The number of urea groups is 1. The summed E-state index contributed by atoms with van der Waals surface area (Å²) in [5, 5.41) is 13.4. The normalized spacial score (nSPS) is 13.6. The Balaban J connectivity index is 2.42. The van der Waals surface area contributed by atoms with Crippen molar-refractivity contribution in [3.63, 3.8) is 0 Å². The van der Waals surface area contributed by atoms with Crippen LogP contribution in [0.25, 0.3) is 0 Å². The van der Waals surface area contributed by atoms with E-state index in [9.17, 15) is 9.59 Å². The maximum absolute atomic E-state index is 11.9. The molecule has 0 saturated heterocycles. The maximum atomic E-state index is 11.9. The van der Waals surface area contributed by atoms with Gasteiger partial charge in [-0.2, -0.15) is 0 Å². The molecule has 2 unspecified atom stereocenters. The van der Waals surface area contributed by atoms with Crippen molar-refractivity contribution in [2.45, 2.75) is 26.3 Å². The molecule has 0 bridgehead atoms. The molecule has 0 aliphatic carbocycles. The smallest absolute Gasteiger partial charge is 0.317 e. The highest BCUT2D eigenvalue weighted by atomic mass is 32.1. The second-order valence-electron chi connectivity index (χ2n) is 4.69. The van der Waals surface area contributed by atoms with Crippen molar-refractivity contribution in [3.05, 3.63) is 22.4 Å². The minimum Gasteiger partial charge on any atom is -0.481 e. The van der Waals surface area contributed by atoms with E-state index in [-0.39, 0.29) is 24.4 Å². The average Bonchev–Trinajstić information content (AvgIpc) is 2.87. The topological polar surface area (TPSA) is 69.6 Å². The van der Waals surface area contributed by atoms with E-state index in [1.54, 1.807) is 30.2 Å². The van der Waals surface area contributed by atoms with E-state index >= 15 is 0 Å². The van der Waals surface area contributed by atoms with Crippen LogP contribution in [0.4, 0.5) is 4.79 Å². The van der Waals surface area contributed by atoms with Gasteiger partial charge in [0.1, 0.15) is 0 Å². The van der Waals surface area contributed by atoms with Crippen molar-refractivity contribution >= 4 is 23.3 Å². The SMILES string of the molecule is CC(CNC(=O)N(C)C(C)c1cccs1)CC(=O)O. The van der Waals surface area contributed by atoms with Gasteiger partial charge in [-0.15, -0.1) is 11.3 Å². The Hall–Kier alpha value is -1.56. The van der Waals surface area contributed by atoms with E-state index in [0.717, 1.165) is 4.88 Å². The molecule has 0 aromatic carbocycles. The maximum Gasteiger partial charge on any atom is 0.317 e. The first-order valence-electron chi connectivity index (χ1n) is 6.17. The standard InChI is InChI=1S/C13H20N2O3S/c1-9(7-12(16)17)8-14-13(18)15(3)10(2)11-5-4-6-19-11/h4-6,9-10H,7-8H2,1-3H3,(H,14,18)(H,16,17). The molecule has 1 aromatic heterocycles. The summed E-state index contributed by atoms with van der Waals surface area (Å²) in [6.07, 6.45) is 0.0600. The predicted molar refractivity (Wildman–Crippen MR) is 75.3 cm³/mol. The molecule has 0 saturated carbocycles. The number of nitrogens with one attached hydrogen (secondary N) is 1. The van der Waals surface area contributed by atoms with Crippen LogP contribution >= 0.6 is 11.3 Å². The Morgan fingerprint density at radius 2 is 2.16 bits per heavy atom. The third-order valence-corrected chi connectivity index (χ3v) is 4.02. The van der Waals surface area contributed by atoms with Crippen LogP contribution in [0.5, 0.6) is 0 Å². The zero-order valence-corrected chi connectivity index (χ0v) is 12.2. The summed E-state index contributed by atoms with van der Waals surface area (Å²) >= 11 is 1.61. The van der Waals surface area contributed by atoms with E-state index in [1.165, 1.54) is 0 Å². The highest BCUT2D eigenvalue weighted by Gasteiger charge is 2.18. The van der Waals surface area contributed by atoms with Crippen LogP contribution in [-0.4, -0.2) is 35.6 Å². The molecule has 1 aromatic rings. The first kappa shape index (κ1) is 15.5. The minimum absolute atomic E-state index is 0.00906. The Bertz CT molecular complexity index is 420. The van der Waals surface area contributed by atoms with Gasteiger partial charge in [0.25, 0.3) is 0 Å². The van der Waals surface area contributed by atoms with Gasteiger partial charge < -0.3 is 15.3 Å². The zero-order valence-electron chi connectivity index (χ0n) is 11.4. The number of aliphatic carboxylic acids is 1. The molecule has 2 atom stereocenters.